The first-order chi connectivity index (χ1) is 13.6. The molecule has 2 aromatic heterocycles. The number of carbonyl (C=O) groups is 1. The van der Waals surface area contributed by atoms with E-state index in [2.05, 4.69) is 34.7 Å². The highest BCUT2D eigenvalue weighted by Gasteiger charge is 2.23. The predicted molar refractivity (Wildman–Crippen MR) is 127 cm³/mol. The van der Waals surface area contributed by atoms with E-state index in [1.165, 1.54) is 10.9 Å². The Kier molecular flexibility index (Phi) is 8.26. The number of amides is 1. The lowest BCUT2D eigenvalue weighted by atomic mass is 9.91. The Morgan fingerprint density at radius 1 is 1.03 bits per heavy atom. The molecule has 1 aliphatic carbocycles. The first-order valence-corrected chi connectivity index (χ1v) is 9.74. The number of pyridine rings is 2. The molecule has 0 saturated heterocycles. The van der Waals surface area contributed by atoms with Crippen molar-refractivity contribution in [2.24, 2.45) is 0 Å². The zero-order valence-electron chi connectivity index (χ0n) is 16.8. The fourth-order valence-corrected chi connectivity index (χ4v) is 3.89. The molecule has 6 nitrogen and oxygen atoms in total. The minimum absolute atomic E-state index is 0. The minimum atomic E-state index is -0.145. The number of aromatic nitrogens is 2. The lowest BCUT2D eigenvalue weighted by Gasteiger charge is -2.30. The standard InChI is InChI=1S/C22H25N5O.2ClH/c1-14-13-20(27-19-7-3-2-5-17(14)19)25-15-8-10-16(11-9-15)26-22(28)18-6-4-12-24-21(18)23;;/h2-7,12-13,15-16H,8-11H2,1H3,(H2,23,24)(H,25,27)(H,26,28);2*1H/t15-,16+;;. The number of nitrogens with one attached hydrogen (secondary N) is 2. The van der Waals surface area contributed by atoms with Crippen LogP contribution in [0.5, 0.6) is 0 Å². The van der Waals surface area contributed by atoms with Gasteiger partial charge in [-0.05, 0) is 62.4 Å². The minimum Gasteiger partial charge on any atom is -0.383 e. The molecule has 0 unspecified atom stereocenters. The van der Waals surface area contributed by atoms with Crippen LogP contribution in [0, 0.1) is 6.92 Å². The van der Waals surface area contributed by atoms with E-state index in [-0.39, 0.29) is 42.6 Å². The molecule has 0 aliphatic heterocycles. The summed E-state index contributed by atoms with van der Waals surface area (Å²) >= 11 is 0. The number of nitrogens with zero attached hydrogens (tertiary/aromatic N) is 2. The number of anilines is 2. The van der Waals surface area contributed by atoms with Crippen molar-refractivity contribution in [2.75, 3.05) is 11.1 Å². The maximum Gasteiger partial charge on any atom is 0.255 e. The van der Waals surface area contributed by atoms with Crippen LogP contribution in [0.15, 0.2) is 48.7 Å². The number of nitrogen functional groups attached to an aromatic ring is 1. The lowest BCUT2D eigenvalue weighted by Crippen LogP contribution is -2.40. The summed E-state index contributed by atoms with van der Waals surface area (Å²) in [6, 6.07) is 14.3. The molecule has 0 atom stereocenters. The molecule has 30 heavy (non-hydrogen) atoms. The van der Waals surface area contributed by atoms with Crippen molar-refractivity contribution in [2.45, 2.75) is 44.7 Å². The van der Waals surface area contributed by atoms with Crippen LogP contribution in [-0.4, -0.2) is 28.0 Å². The molecule has 1 saturated carbocycles. The molecule has 3 aromatic rings. The molecular weight excluding hydrogens is 421 g/mol. The van der Waals surface area contributed by atoms with Gasteiger partial charge in [0.25, 0.3) is 5.91 Å². The van der Waals surface area contributed by atoms with E-state index in [0.717, 1.165) is 37.0 Å². The summed E-state index contributed by atoms with van der Waals surface area (Å²) in [7, 11) is 0. The van der Waals surface area contributed by atoms with E-state index in [1.54, 1.807) is 18.3 Å². The van der Waals surface area contributed by atoms with Gasteiger partial charge < -0.3 is 16.4 Å². The highest BCUT2D eigenvalue weighted by Crippen LogP contribution is 2.25. The number of fused-ring (bicyclic) bond motifs is 1. The van der Waals surface area contributed by atoms with E-state index in [0.29, 0.717) is 11.6 Å². The van der Waals surface area contributed by atoms with Gasteiger partial charge in [0.2, 0.25) is 0 Å². The van der Waals surface area contributed by atoms with Crippen molar-refractivity contribution in [3.05, 3.63) is 59.8 Å². The summed E-state index contributed by atoms with van der Waals surface area (Å²) in [5.41, 5.74) is 8.48. The van der Waals surface area contributed by atoms with Crippen LogP contribution in [0.25, 0.3) is 10.9 Å². The summed E-state index contributed by atoms with van der Waals surface area (Å²) in [4.78, 5) is 21.1. The third-order valence-electron chi connectivity index (χ3n) is 5.42. The van der Waals surface area contributed by atoms with Crippen molar-refractivity contribution in [1.82, 2.24) is 15.3 Å². The second kappa shape index (κ2) is 10.5. The van der Waals surface area contributed by atoms with E-state index in [9.17, 15) is 4.79 Å². The highest BCUT2D eigenvalue weighted by molar-refractivity contribution is 5.98. The van der Waals surface area contributed by atoms with E-state index < -0.39 is 0 Å². The second-order valence-corrected chi connectivity index (χ2v) is 7.44. The van der Waals surface area contributed by atoms with Gasteiger partial charge in [-0.25, -0.2) is 9.97 Å². The van der Waals surface area contributed by atoms with Crippen LogP contribution >= 0.6 is 24.8 Å². The first-order valence-electron chi connectivity index (χ1n) is 9.74. The van der Waals surface area contributed by atoms with Crippen molar-refractivity contribution in [3.63, 3.8) is 0 Å². The average Bonchev–Trinajstić information content (AvgIpc) is 2.70. The summed E-state index contributed by atoms with van der Waals surface area (Å²) in [5, 5.41) is 7.86. The van der Waals surface area contributed by atoms with E-state index in [1.807, 2.05) is 18.2 Å². The van der Waals surface area contributed by atoms with Crippen LogP contribution in [-0.2, 0) is 0 Å². The molecule has 1 fully saturated rings. The quantitative estimate of drug-likeness (QED) is 0.546. The number of benzene rings is 1. The number of carbonyl (C=O) groups excluding carboxylic acids is 1. The predicted octanol–water partition coefficient (Wildman–Crippen LogP) is 4.52. The number of aryl methyl sites for hydroxylation is 1. The van der Waals surface area contributed by atoms with Crippen LogP contribution in [0.3, 0.4) is 0 Å². The number of hydrogen-bond donors (Lipinski definition) is 3. The van der Waals surface area contributed by atoms with Crippen molar-refractivity contribution in [3.8, 4) is 0 Å². The van der Waals surface area contributed by atoms with Gasteiger partial charge in [0.15, 0.2) is 0 Å². The fourth-order valence-electron chi connectivity index (χ4n) is 3.89. The maximum absolute atomic E-state index is 12.4. The molecule has 0 spiro atoms. The summed E-state index contributed by atoms with van der Waals surface area (Å²) in [6.07, 6.45) is 5.42. The van der Waals surface area contributed by atoms with Gasteiger partial charge in [-0.15, -0.1) is 24.8 Å². The van der Waals surface area contributed by atoms with Crippen molar-refractivity contribution < 1.29 is 4.79 Å². The Hall–Kier alpha value is -2.57. The van der Waals surface area contributed by atoms with Crippen LogP contribution in [0.4, 0.5) is 11.6 Å². The number of hydrogen-bond acceptors (Lipinski definition) is 5. The van der Waals surface area contributed by atoms with E-state index >= 15 is 0 Å². The first kappa shape index (κ1) is 23.7. The molecule has 4 N–H and O–H groups in total. The lowest BCUT2D eigenvalue weighted by molar-refractivity contribution is 0.0927. The van der Waals surface area contributed by atoms with Crippen LogP contribution < -0.4 is 16.4 Å². The number of para-hydroxylation sites is 1. The molecule has 1 amide bonds. The molecule has 4 rings (SSSR count). The average molecular weight is 448 g/mol. The Balaban J connectivity index is 0.00000160. The zero-order chi connectivity index (χ0) is 19.5. The molecule has 2 heterocycles. The highest BCUT2D eigenvalue weighted by atomic mass is 35.5. The molecule has 160 valence electrons. The number of nitrogens with two attached hydrogens (primary N) is 1. The van der Waals surface area contributed by atoms with Gasteiger partial charge in [-0.2, -0.15) is 0 Å². The fraction of sp³-hybridized carbons (Fsp3) is 0.318. The second-order valence-electron chi connectivity index (χ2n) is 7.44. The van der Waals surface area contributed by atoms with Crippen molar-refractivity contribution in [1.29, 1.82) is 0 Å². The molecular formula is C22H27Cl2N5O. The Morgan fingerprint density at radius 2 is 1.73 bits per heavy atom. The third-order valence-corrected chi connectivity index (χ3v) is 5.42. The summed E-state index contributed by atoms with van der Waals surface area (Å²) in [6.45, 7) is 2.12. The smallest absolute Gasteiger partial charge is 0.255 e. The molecule has 0 radical (unpaired) electrons. The van der Waals surface area contributed by atoms with E-state index in [4.69, 9.17) is 10.7 Å². The van der Waals surface area contributed by atoms with Gasteiger partial charge in [0, 0.05) is 23.7 Å². The SMILES string of the molecule is Cc1cc(N[C@H]2CC[C@@H](NC(=O)c3cccnc3N)CC2)nc2ccccc12.Cl.Cl. The zero-order valence-corrected chi connectivity index (χ0v) is 18.4. The Labute approximate surface area is 188 Å². The summed E-state index contributed by atoms with van der Waals surface area (Å²) in [5.74, 6) is 1.05. The van der Waals surface area contributed by atoms with Gasteiger partial charge in [-0.3, -0.25) is 4.79 Å². The van der Waals surface area contributed by atoms with Gasteiger partial charge in [-0.1, -0.05) is 18.2 Å². The van der Waals surface area contributed by atoms with Crippen LogP contribution in [0.1, 0.15) is 41.6 Å². The Bertz CT molecular complexity index is 1010. The van der Waals surface area contributed by atoms with Crippen LogP contribution in [0.2, 0.25) is 0 Å². The number of rotatable bonds is 4. The molecule has 8 heteroatoms. The topological polar surface area (TPSA) is 92.9 Å². The summed E-state index contributed by atoms with van der Waals surface area (Å²) < 4.78 is 0. The van der Waals surface area contributed by atoms with Gasteiger partial charge in [0.05, 0.1) is 11.1 Å². The Morgan fingerprint density at radius 3 is 2.47 bits per heavy atom. The third kappa shape index (κ3) is 5.32. The number of halogens is 2. The molecule has 1 aliphatic rings. The van der Waals surface area contributed by atoms with Crippen molar-refractivity contribution >= 4 is 53.3 Å². The molecule has 1 aromatic carbocycles. The largest absolute Gasteiger partial charge is 0.383 e. The van der Waals surface area contributed by atoms with Gasteiger partial charge in [0.1, 0.15) is 11.6 Å². The monoisotopic (exact) mass is 447 g/mol. The maximum atomic E-state index is 12.4. The van der Waals surface area contributed by atoms with Gasteiger partial charge >= 0.3 is 0 Å². The molecule has 0 bridgehead atoms. The normalized spacial score (nSPS) is 18.0.